The third kappa shape index (κ3) is 6.60. The summed E-state index contributed by atoms with van der Waals surface area (Å²) in [6.07, 6.45) is -2.71. The summed E-state index contributed by atoms with van der Waals surface area (Å²) in [5.41, 5.74) is 1.28. The zero-order chi connectivity index (χ0) is 33.2. The number of alkyl halides is 3. The molecular formula is C33H26ClF5N4O3. The molecule has 1 aliphatic heterocycles. The van der Waals surface area contributed by atoms with Crippen molar-refractivity contribution < 1.29 is 36.3 Å². The average molecular weight is 657 g/mol. The normalized spacial score (nSPS) is 15.7. The van der Waals surface area contributed by atoms with E-state index in [1.807, 2.05) is 6.07 Å². The Morgan fingerprint density at radius 1 is 1.11 bits per heavy atom. The number of nitrogens with one attached hydrogen (secondary N) is 1. The average Bonchev–Trinajstić information content (AvgIpc) is 3.03. The van der Waals surface area contributed by atoms with E-state index in [4.69, 9.17) is 16.3 Å². The Morgan fingerprint density at radius 2 is 1.83 bits per heavy atom. The third-order valence-corrected chi connectivity index (χ3v) is 8.24. The largest absolute Gasteiger partial charge is 0.467 e. The number of carbonyl (C=O) groups is 2. The predicted molar refractivity (Wildman–Crippen MR) is 161 cm³/mol. The van der Waals surface area contributed by atoms with E-state index >= 15 is 8.78 Å². The summed E-state index contributed by atoms with van der Waals surface area (Å²) < 4.78 is 76.2. The van der Waals surface area contributed by atoms with Crippen LogP contribution in [0.3, 0.4) is 0 Å². The van der Waals surface area contributed by atoms with Crippen LogP contribution in [0.25, 0.3) is 22.0 Å². The van der Waals surface area contributed by atoms with E-state index in [1.54, 1.807) is 42.6 Å². The molecule has 4 aromatic rings. The predicted octanol–water partition coefficient (Wildman–Crippen LogP) is 7.14. The molecule has 0 radical (unpaired) electrons. The maximum atomic E-state index is 15.2. The molecule has 0 unspecified atom stereocenters. The molecule has 3 aromatic carbocycles. The number of ether oxygens (including phenoxy) is 1. The first-order chi connectivity index (χ1) is 21.9. The van der Waals surface area contributed by atoms with Gasteiger partial charge in [0.2, 0.25) is 0 Å². The van der Waals surface area contributed by atoms with Crippen molar-refractivity contribution in [2.45, 2.75) is 43.9 Å². The molecule has 1 fully saturated rings. The van der Waals surface area contributed by atoms with Gasteiger partial charge in [0.05, 0.1) is 24.3 Å². The van der Waals surface area contributed by atoms with Gasteiger partial charge in [0.1, 0.15) is 29.3 Å². The van der Waals surface area contributed by atoms with Crippen molar-refractivity contribution in [1.82, 2.24) is 10.3 Å². The summed E-state index contributed by atoms with van der Waals surface area (Å²) in [6.45, 7) is -0.0575. The minimum atomic E-state index is -4.61. The van der Waals surface area contributed by atoms with E-state index < -0.39 is 47.3 Å². The lowest BCUT2D eigenvalue weighted by molar-refractivity contribution is -0.152. The summed E-state index contributed by atoms with van der Waals surface area (Å²) in [7, 11) is 1.09. The number of fused-ring (bicyclic) bond motifs is 1. The van der Waals surface area contributed by atoms with Crippen molar-refractivity contribution in [2.75, 3.05) is 18.6 Å². The van der Waals surface area contributed by atoms with Gasteiger partial charge in [-0.2, -0.15) is 18.4 Å². The van der Waals surface area contributed by atoms with E-state index in [0.717, 1.165) is 12.0 Å². The molecule has 1 saturated heterocycles. The van der Waals surface area contributed by atoms with Crippen LogP contribution >= 0.6 is 11.6 Å². The highest BCUT2D eigenvalue weighted by molar-refractivity contribution is 6.33. The van der Waals surface area contributed by atoms with Crippen molar-refractivity contribution in [2.24, 2.45) is 0 Å². The Labute approximate surface area is 265 Å². The molecule has 2 atom stereocenters. The molecule has 1 amide bonds. The highest BCUT2D eigenvalue weighted by atomic mass is 35.5. The minimum Gasteiger partial charge on any atom is -0.467 e. The van der Waals surface area contributed by atoms with Gasteiger partial charge in [-0.05, 0) is 55.2 Å². The number of carbonyl (C=O) groups excluding carboxylic acids is 2. The van der Waals surface area contributed by atoms with Crippen molar-refractivity contribution in [1.29, 1.82) is 5.26 Å². The molecule has 46 heavy (non-hydrogen) atoms. The zero-order valence-electron chi connectivity index (χ0n) is 24.3. The molecule has 0 spiro atoms. The fourth-order valence-electron chi connectivity index (χ4n) is 5.74. The van der Waals surface area contributed by atoms with Crippen LogP contribution in [0.4, 0.5) is 27.6 Å². The van der Waals surface area contributed by atoms with Crippen LogP contribution < -0.4 is 10.2 Å². The van der Waals surface area contributed by atoms with E-state index in [-0.39, 0.29) is 25.1 Å². The second-order valence-corrected chi connectivity index (χ2v) is 11.2. The van der Waals surface area contributed by atoms with Gasteiger partial charge in [-0.3, -0.25) is 9.78 Å². The fourth-order valence-corrected chi connectivity index (χ4v) is 6.02. The first-order valence-electron chi connectivity index (χ1n) is 14.2. The summed E-state index contributed by atoms with van der Waals surface area (Å²) >= 11 is 6.45. The Balaban J connectivity index is 1.44. The molecule has 1 aliphatic rings. The van der Waals surface area contributed by atoms with E-state index in [1.165, 1.54) is 6.07 Å². The smallest absolute Gasteiger partial charge is 0.408 e. The number of pyridine rings is 1. The number of halogens is 6. The minimum absolute atomic E-state index is 0.0575. The van der Waals surface area contributed by atoms with E-state index in [0.29, 0.717) is 63.2 Å². The van der Waals surface area contributed by atoms with Crippen molar-refractivity contribution in [3.8, 4) is 17.2 Å². The number of methoxy groups -OCH3 is 1. The number of anilines is 1. The Hall–Kier alpha value is -4.76. The first-order valence-corrected chi connectivity index (χ1v) is 14.6. The van der Waals surface area contributed by atoms with Crippen LogP contribution in [0, 0.1) is 23.0 Å². The van der Waals surface area contributed by atoms with Gasteiger partial charge in [-0.15, -0.1) is 0 Å². The maximum Gasteiger partial charge on any atom is 0.408 e. The monoisotopic (exact) mass is 656 g/mol. The number of nitrogens with zero attached hydrogens (tertiary/aromatic N) is 3. The van der Waals surface area contributed by atoms with Crippen LogP contribution in [-0.2, 0) is 16.0 Å². The number of benzene rings is 3. The molecule has 7 nitrogen and oxygen atoms in total. The fraction of sp³-hybridized carbons (Fsp3) is 0.273. The van der Waals surface area contributed by atoms with Crippen molar-refractivity contribution in [3.63, 3.8) is 0 Å². The summed E-state index contributed by atoms with van der Waals surface area (Å²) in [5.74, 6) is -4.93. The summed E-state index contributed by atoms with van der Waals surface area (Å²) in [6, 6.07) is 11.7. The summed E-state index contributed by atoms with van der Waals surface area (Å²) in [4.78, 5) is 31.3. The molecule has 1 N–H and O–H groups in total. The van der Waals surface area contributed by atoms with Gasteiger partial charge in [0, 0.05) is 46.4 Å². The SMILES string of the molecule is COC(=O)[C@H](Cc1ccc(-c2ccc(C#N)cc2Cl)c2ncccc12)NC(=O)c1c(F)cc(N2CCCC[C@@H]2C(F)(F)F)cc1F. The number of piperidine rings is 1. The van der Waals surface area contributed by atoms with E-state index in [2.05, 4.69) is 10.3 Å². The second-order valence-electron chi connectivity index (χ2n) is 10.8. The number of nitriles is 1. The molecule has 0 bridgehead atoms. The number of esters is 1. The Kier molecular flexibility index (Phi) is 9.44. The number of aromatic nitrogens is 1. The van der Waals surface area contributed by atoms with E-state index in [9.17, 15) is 28.0 Å². The third-order valence-electron chi connectivity index (χ3n) is 7.93. The lowest BCUT2D eigenvalue weighted by Gasteiger charge is -2.38. The molecular weight excluding hydrogens is 631 g/mol. The van der Waals surface area contributed by atoms with Gasteiger partial charge in [0.25, 0.3) is 5.91 Å². The van der Waals surface area contributed by atoms with Crippen molar-refractivity contribution in [3.05, 3.63) is 94.1 Å². The van der Waals surface area contributed by atoms with Gasteiger partial charge in [-0.25, -0.2) is 13.6 Å². The topological polar surface area (TPSA) is 95.3 Å². The highest BCUT2D eigenvalue weighted by Crippen LogP contribution is 2.37. The lowest BCUT2D eigenvalue weighted by Crippen LogP contribution is -2.49. The number of hydrogen-bond donors (Lipinski definition) is 1. The first kappa shape index (κ1) is 32.6. The Morgan fingerprint density at radius 3 is 2.48 bits per heavy atom. The van der Waals surface area contributed by atoms with Crippen LogP contribution in [0.5, 0.6) is 0 Å². The molecule has 5 rings (SSSR count). The van der Waals surface area contributed by atoms with Gasteiger partial charge in [0.15, 0.2) is 0 Å². The van der Waals surface area contributed by atoms with Crippen molar-refractivity contribution >= 4 is 40.1 Å². The summed E-state index contributed by atoms with van der Waals surface area (Å²) in [5, 5.41) is 12.4. The standard InChI is InChI=1S/C33H26ClF5N4O3/c1-46-32(45)27(14-19-8-10-23(30-21(19)5-4-11-41-30)22-9-7-18(17-40)13-24(22)34)42-31(44)29-25(35)15-20(16-26(29)36)43-12-3-2-6-28(43)33(37,38)39/h4-5,7-11,13,15-16,27-28H,2-3,6,12,14H2,1H3,(H,42,44)/t27-,28+/m0/s1. The van der Waals surface area contributed by atoms with Crippen LogP contribution in [0.15, 0.2) is 60.8 Å². The van der Waals surface area contributed by atoms with Crippen LogP contribution in [0.2, 0.25) is 5.02 Å². The lowest BCUT2D eigenvalue weighted by atomic mass is 9.94. The molecule has 13 heteroatoms. The molecule has 0 aliphatic carbocycles. The number of amides is 1. The number of rotatable bonds is 7. The quantitative estimate of drug-likeness (QED) is 0.168. The number of hydrogen-bond acceptors (Lipinski definition) is 6. The van der Waals surface area contributed by atoms with Gasteiger partial charge >= 0.3 is 12.1 Å². The maximum absolute atomic E-state index is 15.2. The molecule has 1 aromatic heterocycles. The van der Waals surface area contributed by atoms with Crippen LogP contribution in [-0.4, -0.2) is 48.8 Å². The van der Waals surface area contributed by atoms with Gasteiger partial charge < -0.3 is 15.0 Å². The highest BCUT2D eigenvalue weighted by Gasteiger charge is 2.45. The molecule has 0 saturated carbocycles. The zero-order valence-corrected chi connectivity index (χ0v) is 25.1. The van der Waals surface area contributed by atoms with Gasteiger partial charge in [-0.1, -0.05) is 35.9 Å². The molecule has 2 heterocycles. The second kappa shape index (κ2) is 13.3. The Bertz CT molecular complexity index is 1840. The molecule has 238 valence electrons. The van der Waals surface area contributed by atoms with Crippen LogP contribution in [0.1, 0.15) is 40.7 Å².